The van der Waals surface area contributed by atoms with Crippen LogP contribution < -0.4 is 4.74 Å². The number of hydrogen-bond acceptors (Lipinski definition) is 7. The first-order chi connectivity index (χ1) is 15.1. The van der Waals surface area contributed by atoms with Crippen molar-refractivity contribution in [2.45, 2.75) is 36.5 Å². The van der Waals surface area contributed by atoms with Gasteiger partial charge in [-0.05, 0) is 31.5 Å². The van der Waals surface area contributed by atoms with Crippen molar-refractivity contribution in [3.8, 4) is 5.75 Å². The average molecular weight is 469 g/mol. The van der Waals surface area contributed by atoms with E-state index in [1.807, 2.05) is 37.3 Å². The van der Waals surface area contributed by atoms with Gasteiger partial charge in [0.1, 0.15) is 12.4 Å². The van der Waals surface area contributed by atoms with Crippen LogP contribution in [-0.4, -0.2) is 88.4 Å². The summed E-state index contributed by atoms with van der Waals surface area (Å²) in [6.07, 6.45) is 3.09. The van der Waals surface area contributed by atoms with E-state index in [-0.39, 0.29) is 35.3 Å². The third-order valence-electron chi connectivity index (χ3n) is 5.23. The fourth-order valence-electron chi connectivity index (χ4n) is 3.54. The van der Waals surface area contributed by atoms with Gasteiger partial charge in [0.05, 0.1) is 36.5 Å². The fourth-order valence-corrected chi connectivity index (χ4v) is 4.64. The number of H-pyrrole nitrogens is 1. The minimum absolute atomic E-state index is 0. The number of fused-ring (bicyclic) bond motifs is 1. The smallest absolute Gasteiger partial charge is 0.322 e. The van der Waals surface area contributed by atoms with Gasteiger partial charge in [-0.2, -0.15) is 4.98 Å². The first-order valence-electron chi connectivity index (χ1n) is 10.3. The first-order valence-corrected chi connectivity index (χ1v) is 11.6. The van der Waals surface area contributed by atoms with Crippen molar-refractivity contribution < 1.29 is 23.5 Å². The van der Waals surface area contributed by atoms with E-state index < -0.39 is 17.0 Å². The summed E-state index contributed by atoms with van der Waals surface area (Å²) in [7, 11) is 1.63. The van der Waals surface area contributed by atoms with E-state index in [1.54, 1.807) is 13.3 Å². The van der Waals surface area contributed by atoms with Crippen LogP contribution in [-0.2, 0) is 31.1 Å². The number of rotatable bonds is 9. The molecule has 32 heavy (non-hydrogen) atoms. The van der Waals surface area contributed by atoms with Crippen molar-refractivity contribution in [3.05, 3.63) is 47.8 Å². The van der Waals surface area contributed by atoms with Gasteiger partial charge in [0.15, 0.2) is 11.5 Å². The van der Waals surface area contributed by atoms with Gasteiger partial charge in [0.2, 0.25) is 0 Å². The molecule has 1 aromatic carbocycles. The Labute approximate surface area is 212 Å². The molecule has 0 spiro atoms. The summed E-state index contributed by atoms with van der Waals surface area (Å²) in [6.45, 7) is 3.98. The molecular weight excluding hydrogens is 441 g/mol. The van der Waals surface area contributed by atoms with E-state index >= 15 is 0 Å². The third-order valence-corrected chi connectivity index (χ3v) is 6.39. The van der Waals surface area contributed by atoms with Gasteiger partial charge < -0.3 is 23.5 Å². The van der Waals surface area contributed by atoms with Crippen molar-refractivity contribution in [2.24, 2.45) is 0 Å². The van der Waals surface area contributed by atoms with Crippen molar-refractivity contribution in [1.29, 1.82) is 0 Å². The van der Waals surface area contributed by atoms with E-state index in [0.29, 0.717) is 49.4 Å². The number of hydrogen-bond donors (Lipinski definition) is 1. The van der Waals surface area contributed by atoms with Crippen LogP contribution in [0.1, 0.15) is 24.1 Å². The molecule has 1 unspecified atom stereocenters. The quantitative estimate of drug-likeness (QED) is 0.381. The molecule has 10 heteroatoms. The van der Waals surface area contributed by atoms with Crippen LogP contribution in [0.2, 0.25) is 0 Å². The van der Waals surface area contributed by atoms with Gasteiger partial charge in [-0.1, -0.05) is 12.1 Å². The summed E-state index contributed by atoms with van der Waals surface area (Å²) < 4.78 is 35.8. The second kappa shape index (κ2) is 11.8. The predicted molar refractivity (Wildman–Crippen MR) is 122 cm³/mol. The van der Waals surface area contributed by atoms with Crippen LogP contribution >= 0.6 is 0 Å². The normalized spacial score (nSPS) is 16.5. The zero-order valence-corrected chi connectivity index (χ0v) is 21.6. The molecule has 1 atom stereocenters. The van der Waals surface area contributed by atoms with Crippen LogP contribution in [0.15, 0.2) is 41.7 Å². The van der Waals surface area contributed by atoms with Crippen LogP contribution in [0.4, 0.5) is 0 Å². The molecule has 1 saturated heterocycles. The summed E-state index contributed by atoms with van der Waals surface area (Å²) in [5, 5.41) is 0.446. The predicted octanol–water partition coefficient (Wildman–Crippen LogP) is 2.74. The molecule has 1 aliphatic heterocycles. The monoisotopic (exact) mass is 468 g/mol. The fraction of sp³-hybridized carbons (Fsp3) is 0.455. The van der Waals surface area contributed by atoms with Crippen molar-refractivity contribution in [3.63, 3.8) is 0 Å². The van der Waals surface area contributed by atoms with Gasteiger partial charge >= 0.3 is 5.16 Å². The molecule has 1 fully saturated rings. The van der Waals surface area contributed by atoms with E-state index in [4.69, 9.17) is 18.9 Å². The number of imidazole rings is 1. The van der Waals surface area contributed by atoms with Crippen molar-refractivity contribution in [2.75, 3.05) is 33.5 Å². The molecule has 3 heterocycles. The maximum Gasteiger partial charge on any atom is 0.322 e. The third kappa shape index (κ3) is 6.03. The van der Waals surface area contributed by atoms with Gasteiger partial charge in [0.25, 0.3) is 0 Å². The molecule has 8 nitrogen and oxygen atoms in total. The summed E-state index contributed by atoms with van der Waals surface area (Å²) in [6, 6.07) is 9.44. The summed E-state index contributed by atoms with van der Waals surface area (Å²) >= 11 is -1.35. The summed E-state index contributed by atoms with van der Waals surface area (Å²) in [4.78, 5) is 12.0. The zero-order chi connectivity index (χ0) is 21.7. The minimum atomic E-state index is -1.35. The number of para-hydroxylation sites is 2. The molecular formula is C22H27N3NaO5S. The molecule has 0 bridgehead atoms. The minimum Gasteiger partial charge on any atom is -0.609 e. The van der Waals surface area contributed by atoms with E-state index in [0.717, 1.165) is 23.0 Å². The van der Waals surface area contributed by atoms with E-state index in [9.17, 15) is 4.55 Å². The Morgan fingerprint density at radius 2 is 2.00 bits per heavy atom. The maximum atomic E-state index is 12.9. The van der Waals surface area contributed by atoms with Gasteiger partial charge in [-0.25, -0.2) is 0 Å². The number of benzene rings is 1. The van der Waals surface area contributed by atoms with E-state index in [2.05, 4.69) is 15.0 Å². The number of methoxy groups -OCH3 is 1. The number of nitrogens with one attached hydrogen (secondary N) is 1. The van der Waals surface area contributed by atoms with Crippen molar-refractivity contribution in [1.82, 2.24) is 15.0 Å². The van der Waals surface area contributed by atoms with Crippen LogP contribution in [0.25, 0.3) is 11.0 Å². The van der Waals surface area contributed by atoms with Gasteiger partial charge in [0, 0.05) is 66.0 Å². The van der Waals surface area contributed by atoms with E-state index in [1.165, 1.54) is 0 Å². The Balaban J connectivity index is 0.00000289. The molecule has 1 aliphatic rings. The molecule has 0 aliphatic carbocycles. The number of aromatic amines is 1. The second-order valence-electron chi connectivity index (χ2n) is 7.42. The summed E-state index contributed by atoms with van der Waals surface area (Å²) in [5.74, 6) is 0.192. The molecule has 1 radical (unpaired) electrons. The number of ether oxygens (including phenoxy) is 4. The second-order valence-corrected chi connectivity index (χ2v) is 8.79. The number of pyridine rings is 1. The van der Waals surface area contributed by atoms with Gasteiger partial charge in [-0.15, -0.1) is 0 Å². The Bertz CT molecular complexity index is 974. The zero-order valence-electron chi connectivity index (χ0n) is 18.8. The molecule has 4 rings (SSSR count). The Hall–Kier alpha value is -1.17. The average Bonchev–Trinajstić information content (AvgIpc) is 3.22. The summed E-state index contributed by atoms with van der Waals surface area (Å²) in [5.41, 5.74) is 3.24. The Morgan fingerprint density at radius 1 is 1.22 bits per heavy atom. The molecule has 1 N–H and O–H groups in total. The molecule has 0 saturated carbocycles. The topological polar surface area (TPSA) is 102 Å². The van der Waals surface area contributed by atoms with Crippen LogP contribution in [0.5, 0.6) is 5.75 Å². The SMILES string of the molecule is COCC1(CCOc2ccnc(C[S+]([O-])c3nc4ccccc4[nH]3)c2C)OCCCO1.[Na]. The number of nitrogens with zero attached hydrogens (tertiary/aromatic N) is 2. The number of aromatic nitrogens is 3. The largest absolute Gasteiger partial charge is 0.609 e. The van der Waals surface area contributed by atoms with Crippen molar-refractivity contribution >= 4 is 51.8 Å². The maximum absolute atomic E-state index is 12.9. The molecule has 167 valence electrons. The van der Waals surface area contributed by atoms with Gasteiger partial charge in [-0.3, -0.25) is 9.97 Å². The van der Waals surface area contributed by atoms with Crippen LogP contribution in [0.3, 0.4) is 0 Å². The molecule has 2 aromatic heterocycles. The Kier molecular flexibility index (Phi) is 9.39. The molecule has 3 aromatic rings. The standard InChI is InChI=1S/C22H27N3O5S.Na/c1-16-19(14-31(26)21-24-17-6-3-4-7-18(17)25-21)23-10-8-20(16)28-13-9-22(15-27-2)29-11-5-12-30-22;/h3-4,6-8,10H,5,9,11-15H2,1-2H3,(H,24,25);. The molecule has 0 amide bonds. The Morgan fingerprint density at radius 3 is 2.75 bits per heavy atom. The first kappa shape index (κ1) is 25.5. The van der Waals surface area contributed by atoms with Crippen LogP contribution in [0, 0.1) is 6.92 Å².